The van der Waals surface area contributed by atoms with Crippen molar-refractivity contribution in [2.75, 3.05) is 18.0 Å². The first-order chi connectivity index (χ1) is 10.3. The highest BCUT2D eigenvalue weighted by Gasteiger charge is 2.23. The Bertz CT molecular complexity index is 416. The molecule has 1 N–H and O–H groups in total. The lowest BCUT2D eigenvalue weighted by molar-refractivity contribution is 0.370. The van der Waals surface area contributed by atoms with Crippen LogP contribution >= 0.6 is 0 Å². The van der Waals surface area contributed by atoms with E-state index in [1.807, 2.05) is 0 Å². The maximum Gasteiger partial charge on any atom is 0.0412 e. The van der Waals surface area contributed by atoms with Gasteiger partial charge in [-0.1, -0.05) is 64.7 Å². The molecule has 2 nitrogen and oxygen atoms in total. The van der Waals surface area contributed by atoms with Crippen LogP contribution in [0.3, 0.4) is 0 Å². The minimum Gasteiger partial charge on any atom is -0.370 e. The highest BCUT2D eigenvalue weighted by atomic mass is 15.2. The molecule has 2 atom stereocenters. The predicted molar refractivity (Wildman–Crippen MR) is 92.9 cm³/mol. The van der Waals surface area contributed by atoms with Gasteiger partial charge in [-0.05, 0) is 24.0 Å². The molecule has 0 bridgehead atoms. The summed E-state index contributed by atoms with van der Waals surface area (Å²) in [4.78, 5) is 2.63. The van der Waals surface area contributed by atoms with Gasteiger partial charge in [0, 0.05) is 31.4 Å². The van der Waals surface area contributed by atoms with Crippen molar-refractivity contribution in [2.24, 2.45) is 5.92 Å². The van der Waals surface area contributed by atoms with Gasteiger partial charge in [-0.25, -0.2) is 0 Å². The van der Waals surface area contributed by atoms with E-state index >= 15 is 0 Å². The second-order valence-corrected chi connectivity index (χ2v) is 6.51. The zero-order chi connectivity index (χ0) is 15.1. The maximum absolute atomic E-state index is 3.78. The van der Waals surface area contributed by atoms with Gasteiger partial charge < -0.3 is 10.2 Å². The molecule has 2 unspecified atom stereocenters. The fraction of sp³-hybridized carbons (Fsp3) is 0.684. The van der Waals surface area contributed by atoms with Gasteiger partial charge in [0.05, 0.1) is 0 Å². The third kappa shape index (κ3) is 4.47. The number of unbranched alkanes of at least 4 members (excludes halogenated alkanes) is 3. The van der Waals surface area contributed by atoms with E-state index in [0.717, 1.165) is 19.0 Å². The van der Waals surface area contributed by atoms with Gasteiger partial charge in [-0.15, -0.1) is 0 Å². The van der Waals surface area contributed by atoms with Gasteiger partial charge in [0.2, 0.25) is 0 Å². The van der Waals surface area contributed by atoms with E-state index in [-0.39, 0.29) is 0 Å². The monoisotopic (exact) mass is 288 g/mol. The topological polar surface area (TPSA) is 15.3 Å². The van der Waals surface area contributed by atoms with Crippen LogP contribution in [-0.2, 0) is 6.54 Å². The number of hydrogen-bond donors (Lipinski definition) is 1. The van der Waals surface area contributed by atoms with Gasteiger partial charge in [0.1, 0.15) is 0 Å². The van der Waals surface area contributed by atoms with E-state index < -0.39 is 0 Å². The lowest BCUT2D eigenvalue weighted by Gasteiger charge is -2.30. The van der Waals surface area contributed by atoms with Crippen molar-refractivity contribution < 1.29 is 0 Å². The molecule has 2 heteroatoms. The van der Waals surface area contributed by atoms with Crippen LogP contribution in [0.2, 0.25) is 0 Å². The van der Waals surface area contributed by atoms with Crippen LogP contribution in [0.4, 0.5) is 5.69 Å². The van der Waals surface area contributed by atoms with E-state index in [2.05, 4.69) is 55.3 Å². The molecular formula is C19H32N2. The molecule has 118 valence electrons. The molecule has 1 aliphatic heterocycles. The van der Waals surface area contributed by atoms with E-state index in [1.54, 1.807) is 0 Å². The van der Waals surface area contributed by atoms with Gasteiger partial charge >= 0.3 is 0 Å². The fourth-order valence-electron chi connectivity index (χ4n) is 3.22. The van der Waals surface area contributed by atoms with E-state index in [9.17, 15) is 0 Å². The first-order valence-corrected chi connectivity index (χ1v) is 8.82. The maximum atomic E-state index is 3.78. The lowest BCUT2D eigenvalue weighted by Crippen LogP contribution is -2.42. The molecule has 0 saturated carbocycles. The molecule has 0 aliphatic carbocycles. The van der Waals surface area contributed by atoms with Crippen LogP contribution in [0.25, 0.3) is 0 Å². The molecule has 0 radical (unpaired) electrons. The summed E-state index contributed by atoms with van der Waals surface area (Å²) in [5, 5.41) is 3.78. The smallest absolute Gasteiger partial charge is 0.0412 e. The zero-order valence-corrected chi connectivity index (χ0v) is 14.1. The Kier molecular flexibility index (Phi) is 6.56. The van der Waals surface area contributed by atoms with Crippen LogP contribution in [0.1, 0.15) is 58.4 Å². The summed E-state index contributed by atoms with van der Waals surface area (Å²) >= 11 is 0. The van der Waals surface area contributed by atoms with Crippen LogP contribution in [0, 0.1) is 5.92 Å². The zero-order valence-electron chi connectivity index (χ0n) is 14.1. The number of rotatable bonds is 7. The number of para-hydroxylation sites is 1. The van der Waals surface area contributed by atoms with Crippen molar-refractivity contribution in [3.63, 3.8) is 0 Å². The van der Waals surface area contributed by atoms with Crippen molar-refractivity contribution >= 4 is 5.69 Å². The first-order valence-electron chi connectivity index (χ1n) is 8.82. The molecule has 0 aromatic heterocycles. The molecule has 0 amide bonds. The summed E-state index contributed by atoms with van der Waals surface area (Å²) in [5.41, 5.74) is 2.91. The fourth-order valence-corrected chi connectivity index (χ4v) is 3.22. The quantitative estimate of drug-likeness (QED) is 0.738. The SMILES string of the molecule is CCCCCCN1CC(C(C)CC)NCc2ccccc21. The Morgan fingerprint density at radius 3 is 2.76 bits per heavy atom. The number of nitrogens with zero attached hydrogens (tertiary/aromatic N) is 1. The molecule has 21 heavy (non-hydrogen) atoms. The highest BCUT2D eigenvalue weighted by Crippen LogP contribution is 2.26. The van der Waals surface area contributed by atoms with Crippen molar-refractivity contribution in [3.8, 4) is 0 Å². The second-order valence-electron chi connectivity index (χ2n) is 6.51. The molecule has 0 spiro atoms. The molecule has 2 rings (SSSR count). The lowest BCUT2D eigenvalue weighted by atomic mass is 9.99. The minimum absolute atomic E-state index is 0.605. The Morgan fingerprint density at radius 2 is 2.00 bits per heavy atom. The van der Waals surface area contributed by atoms with Crippen LogP contribution in [0.15, 0.2) is 24.3 Å². The average molecular weight is 288 g/mol. The molecule has 1 heterocycles. The molecule has 1 aromatic carbocycles. The third-order valence-corrected chi connectivity index (χ3v) is 4.92. The molecule has 1 aromatic rings. The predicted octanol–water partition coefficient (Wildman–Crippen LogP) is 4.59. The van der Waals surface area contributed by atoms with Gasteiger partial charge in [-0.3, -0.25) is 0 Å². The Labute approximate surface area is 130 Å². The molecule has 1 aliphatic rings. The molecular weight excluding hydrogens is 256 g/mol. The number of fused-ring (bicyclic) bond motifs is 1. The van der Waals surface area contributed by atoms with Gasteiger partial charge in [0.15, 0.2) is 0 Å². The number of anilines is 1. The highest BCUT2D eigenvalue weighted by molar-refractivity contribution is 5.54. The largest absolute Gasteiger partial charge is 0.370 e. The molecule has 0 saturated heterocycles. The van der Waals surface area contributed by atoms with E-state index in [0.29, 0.717) is 6.04 Å². The van der Waals surface area contributed by atoms with Crippen molar-refractivity contribution in [1.82, 2.24) is 5.32 Å². The normalized spacial score (nSPS) is 20.0. The summed E-state index contributed by atoms with van der Waals surface area (Å²) in [6.45, 7) is 10.3. The van der Waals surface area contributed by atoms with Gasteiger partial charge in [0.25, 0.3) is 0 Å². The minimum atomic E-state index is 0.605. The van der Waals surface area contributed by atoms with E-state index in [4.69, 9.17) is 0 Å². The third-order valence-electron chi connectivity index (χ3n) is 4.92. The summed E-state index contributed by atoms with van der Waals surface area (Å²) in [6.07, 6.45) is 6.60. The number of benzene rings is 1. The number of hydrogen-bond acceptors (Lipinski definition) is 2. The van der Waals surface area contributed by atoms with Crippen LogP contribution in [-0.4, -0.2) is 19.1 Å². The molecule has 0 fully saturated rings. The van der Waals surface area contributed by atoms with Crippen LogP contribution < -0.4 is 10.2 Å². The van der Waals surface area contributed by atoms with Crippen molar-refractivity contribution in [1.29, 1.82) is 0 Å². The van der Waals surface area contributed by atoms with E-state index in [1.165, 1.54) is 49.9 Å². The number of nitrogens with one attached hydrogen (secondary N) is 1. The van der Waals surface area contributed by atoms with Gasteiger partial charge in [-0.2, -0.15) is 0 Å². The standard InChI is InChI=1S/C19H32N2/c1-4-6-7-10-13-21-15-18(16(3)5-2)20-14-17-11-8-9-12-19(17)21/h8-9,11-12,16,18,20H,4-7,10,13-15H2,1-3H3. The average Bonchev–Trinajstić information content (AvgIpc) is 2.71. The first kappa shape index (κ1) is 16.4. The Morgan fingerprint density at radius 1 is 1.19 bits per heavy atom. The van der Waals surface area contributed by atoms with Crippen molar-refractivity contribution in [2.45, 2.75) is 65.5 Å². The Balaban J connectivity index is 2.08. The van der Waals surface area contributed by atoms with Crippen molar-refractivity contribution in [3.05, 3.63) is 29.8 Å². The Hall–Kier alpha value is -1.02. The summed E-state index contributed by atoms with van der Waals surface area (Å²) in [7, 11) is 0. The summed E-state index contributed by atoms with van der Waals surface area (Å²) < 4.78 is 0. The second kappa shape index (κ2) is 8.43. The summed E-state index contributed by atoms with van der Waals surface area (Å²) in [5.74, 6) is 0.734. The van der Waals surface area contributed by atoms with Crippen LogP contribution in [0.5, 0.6) is 0 Å². The summed E-state index contributed by atoms with van der Waals surface area (Å²) in [6, 6.07) is 9.53.